The fourth-order valence-electron chi connectivity index (χ4n) is 0.706. The maximum absolute atomic E-state index is 3.94. The summed E-state index contributed by atoms with van der Waals surface area (Å²) >= 11 is 0. The lowest BCUT2D eigenvalue weighted by atomic mass is 10.8. The van der Waals surface area contributed by atoms with Crippen molar-refractivity contribution in [2.45, 2.75) is 0 Å². The smallest absolute Gasteiger partial charge is 0.206 e. The number of quaternary nitrogens is 1. The molecule has 1 atom stereocenters. The lowest BCUT2D eigenvalue weighted by molar-refractivity contribution is -0.676. The van der Waals surface area contributed by atoms with Gasteiger partial charge in [0.15, 0.2) is 6.20 Å². The number of hydrogen-bond acceptors (Lipinski definition) is 2. The number of nitrogens with zero attached hydrogens (tertiary/aromatic N) is 2. The zero-order chi connectivity index (χ0) is 5.40. The maximum Gasteiger partial charge on any atom is 0.345 e. The van der Waals surface area contributed by atoms with Crippen LogP contribution in [0.15, 0.2) is 28.6 Å². The van der Waals surface area contributed by atoms with Crippen molar-refractivity contribution in [1.82, 2.24) is 0 Å². The normalized spacial score (nSPS) is 29.0. The minimum absolute atomic E-state index is 0.796. The first-order valence-electron chi connectivity index (χ1n) is 2.38. The molecule has 2 rings (SSSR count). The fourth-order valence-corrected chi connectivity index (χ4v) is 0.706. The molecule has 0 aromatic rings. The Bertz CT molecular complexity index is 230. The van der Waals surface area contributed by atoms with Gasteiger partial charge in [-0.1, -0.05) is 0 Å². The zero-order valence-corrected chi connectivity index (χ0v) is 4.13. The van der Waals surface area contributed by atoms with Gasteiger partial charge < -0.3 is 0 Å². The monoisotopic (exact) mass is 106 g/mol. The summed E-state index contributed by atoms with van der Waals surface area (Å²) in [5, 5.41) is 0. The van der Waals surface area contributed by atoms with Crippen molar-refractivity contribution in [3.05, 3.63) is 18.6 Å². The van der Waals surface area contributed by atoms with Gasteiger partial charge >= 0.3 is 5.96 Å². The standard InChI is InChI=1S/C5H3N3/c1-3-8-4-2-7-5(8)6-1/h1,3-4H/p+1. The molecule has 0 aromatic carbocycles. The highest BCUT2D eigenvalue weighted by Crippen LogP contribution is 1.83. The van der Waals surface area contributed by atoms with Gasteiger partial charge in [-0.25, -0.2) is 4.90 Å². The van der Waals surface area contributed by atoms with Crippen molar-refractivity contribution in [2.24, 2.45) is 9.98 Å². The van der Waals surface area contributed by atoms with E-state index in [9.17, 15) is 0 Å². The Balaban J connectivity index is 2.49. The van der Waals surface area contributed by atoms with E-state index in [2.05, 4.69) is 15.9 Å². The highest BCUT2D eigenvalue weighted by Gasteiger charge is 2.18. The van der Waals surface area contributed by atoms with Crippen LogP contribution in [0.4, 0.5) is 0 Å². The van der Waals surface area contributed by atoms with Gasteiger partial charge in [0, 0.05) is 0 Å². The first kappa shape index (κ1) is 3.78. The molecular formula is C5H4N3+. The molecule has 1 N–H and O–H groups in total. The zero-order valence-electron chi connectivity index (χ0n) is 4.13. The number of rotatable bonds is 0. The molecule has 2 aliphatic heterocycles. The predicted molar refractivity (Wildman–Crippen MR) is 29.5 cm³/mol. The van der Waals surface area contributed by atoms with Crippen LogP contribution in [0, 0.1) is 0 Å². The number of aliphatic imine (C=N–C) groups is 2. The highest BCUT2D eigenvalue weighted by atomic mass is 15.3. The molecule has 0 aliphatic carbocycles. The Morgan fingerprint density at radius 2 is 2.62 bits per heavy atom. The van der Waals surface area contributed by atoms with E-state index in [0.717, 1.165) is 10.9 Å². The van der Waals surface area contributed by atoms with Gasteiger partial charge in [0.05, 0.1) is 12.1 Å². The van der Waals surface area contributed by atoms with E-state index in [1.54, 1.807) is 6.20 Å². The van der Waals surface area contributed by atoms with Gasteiger partial charge in [0.25, 0.3) is 0 Å². The van der Waals surface area contributed by atoms with Crippen LogP contribution in [0.3, 0.4) is 0 Å². The van der Waals surface area contributed by atoms with Crippen LogP contribution in [0.5, 0.6) is 0 Å². The van der Waals surface area contributed by atoms with E-state index in [0.29, 0.717) is 0 Å². The Hall–Kier alpha value is -1.18. The van der Waals surface area contributed by atoms with Gasteiger partial charge in [-0.15, -0.1) is 4.99 Å². The minimum atomic E-state index is 0.796. The summed E-state index contributed by atoms with van der Waals surface area (Å²) in [4.78, 5) is 8.85. The SMILES string of the molecule is C1=C[NH+]2C=CN=C2N=1. The molecule has 0 radical (unpaired) electrons. The second kappa shape index (κ2) is 1.15. The van der Waals surface area contributed by atoms with Gasteiger partial charge in [0.2, 0.25) is 0 Å². The molecule has 38 valence electrons. The molecule has 3 nitrogen and oxygen atoms in total. The van der Waals surface area contributed by atoms with Crippen LogP contribution in [-0.2, 0) is 0 Å². The molecule has 2 aliphatic rings. The first-order chi connectivity index (χ1) is 3.97. The van der Waals surface area contributed by atoms with Crippen LogP contribution in [0.1, 0.15) is 0 Å². The molecule has 8 heavy (non-hydrogen) atoms. The summed E-state index contributed by atoms with van der Waals surface area (Å²) < 4.78 is 0. The Labute approximate surface area is 46.4 Å². The number of guanidine groups is 1. The molecule has 0 spiro atoms. The summed E-state index contributed by atoms with van der Waals surface area (Å²) in [5.41, 5.74) is 0. The summed E-state index contributed by atoms with van der Waals surface area (Å²) in [6.07, 6.45) is 5.48. The Morgan fingerprint density at radius 1 is 1.62 bits per heavy atom. The van der Waals surface area contributed by atoms with Gasteiger partial charge in [0.1, 0.15) is 6.20 Å². The summed E-state index contributed by atoms with van der Waals surface area (Å²) in [6.45, 7) is 0. The first-order valence-corrected chi connectivity index (χ1v) is 2.38. The minimum Gasteiger partial charge on any atom is -0.206 e. The largest absolute Gasteiger partial charge is 0.345 e. The number of fused-ring (bicyclic) bond motifs is 1. The molecule has 3 heteroatoms. The van der Waals surface area contributed by atoms with Crippen molar-refractivity contribution < 1.29 is 4.90 Å². The quantitative estimate of drug-likeness (QED) is 0.406. The molecular weight excluding hydrogens is 102 g/mol. The molecule has 0 saturated carbocycles. The average molecular weight is 106 g/mol. The van der Waals surface area contributed by atoms with Gasteiger partial charge in [-0.05, 0) is 0 Å². The lowest BCUT2D eigenvalue weighted by Gasteiger charge is -1.90. The second-order valence-electron chi connectivity index (χ2n) is 1.61. The second-order valence-corrected chi connectivity index (χ2v) is 1.61. The third-order valence-electron chi connectivity index (χ3n) is 1.10. The Morgan fingerprint density at radius 3 is 3.50 bits per heavy atom. The molecule has 1 unspecified atom stereocenters. The van der Waals surface area contributed by atoms with Crippen molar-refractivity contribution in [2.75, 3.05) is 0 Å². The summed E-state index contributed by atoms with van der Waals surface area (Å²) in [6, 6.07) is 0. The van der Waals surface area contributed by atoms with E-state index in [1.165, 1.54) is 0 Å². The fraction of sp³-hybridized carbons (Fsp3) is 0. The maximum atomic E-state index is 3.94. The van der Waals surface area contributed by atoms with E-state index in [1.807, 2.05) is 12.4 Å². The van der Waals surface area contributed by atoms with Crippen LogP contribution in [0.2, 0.25) is 0 Å². The van der Waals surface area contributed by atoms with E-state index >= 15 is 0 Å². The molecule has 2 heterocycles. The third-order valence-corrected chi connectivity index (χ3v) is 1.10. The van der Waals surface area contributed by atoms with Crippen LogP contribution in [0.25, 0.3) is 0 Å². The molecule has 0 saturated heterocycles. The van der Waals surface area contributed by atoms with E-state index in [4.69, 9.17) is 0 Å². The van der Waals surface area contributed by atoms with Gasteiger partial charge in [-0.2, -0.15) is 4.99 Å². The number of hydrogen-bond donors (Lipinski definition) is 1. The summed E-state index contributed by atoms with van der Waals surface area (Å²) in [7, 11) is 0. The molecule has 0 fully saturated rings. The lowest BCUT2D eigenvalue weighted by Crippen LogP contribution is -3.03. The molecule has 0 aromatic heterocycles. The van der Waals surface area contributed by atoms with Crippen molar-refractivity contribution >= 4 is 11.8 Å². The predicted octanol–water partition coefficient (Wildman–Crippen LogP) is -1.09. The Kier molecular flexibility index (Phi) is 0.545. The summed E-state index contributed by atoms with van der Waals surface area (Å²) in [5.74, 6) is 3.50. The van der Waals surface area contributed by atoms with Crippen molar-refractivity contribution in [1.29, 1.82) is 0 Å². The van der Waals surface area contributed by atoms with Crippen LogP contribution in [-0.4, -0.2) is 11.8 Å². The molecule has 0 amide bonds. The van der Waals surface area contributed by atoms with Crippen LogP contribution >= 0.6 is 0 Å². The van der Waals surface area contributed by atoms with Crippen LogP contribution < -0.4 is 4.90 Å². The molecule has 0 bridgehead atoms. The average Bonchev–Trinajstić information content (AvgIpc) is 2.15. The van der Waals surface area contributed by atoms with E-state index < -0.39 is 0 Å². The highest BCUT2D eigenvalue weighted by molar-refractivity contribution is 5.85. The van der Waals surface area contributed by atoms with E-state index in [-0.39, 0.29) is 0 Å². The topological polar surface area (TPSA) is 29.2 Å². The van der Waals surface area contributed by atoms with Crippen molar-refractivity contribution in [3.63, 3.8) is 0 Å². The van der Waals surface area contributed by atoms with Crippen molar-refractivity contribution in [3.8, 4) is 0 Å². The third kappa shape index (κ3) is 0.320. The number of nitrogens with one attached hydrogen (secondary N) is 1. The van der Waals surface area contributed by atoms with Gasteiger partial charge in [-0.3, -0.25) is 0 Å².